The zero-order valence-corrected chi connectivity index (χ0v) is 8.63. The summed E-state index contributed by atoms with van der Waals surface area (Å²) in [7, 11) is 0. The number of nitrogens with zero attached hydrogens (tertiary/aromatic N) is 2. The second kappa shape index (κ2) is 3.53. The molecule has 0 aromatic carbocycles. The third-order valence-corrected chi connectivity index (χ3v) is 2.71. The second-order valence-electron chi connectivity index (χ2n) is 3.70. The molecule has 4 nitrogen and oxygen atoms in total. The first-order valence-electron chi connectivity index (χ1n) is 5.01. The molecule has 0 atom stereocenters. The Hall–Kier alpha value is -1.16. The number of aryl methyl sites for hydroxylation is 1. The summed E-state index contributed by atoms with van der Waals surface area (Å²) in [6.45, 7) is 6.69. The van der Waals surface area contributed by atoms with Gasteiger partial charge in [-0.3, -0.25) is 9.69 Å². The lowest BCUT2D eigenvalue weighted by Gasteiger charge is -2.25. The standard InChI is InChI=1S/C10H15N3O/c1-3-13-5-4-9-8(6-13)10(14)12-7(2)11-9/h3-6H2,1-2H3,(H,11,12,14). The minimum absolute atomic E-state index is 0.0330. The van der Waals surface area contributed by atoms with E-state index in [1.54, 1.807) is 0 Å². The molecule has 0 saturated carbocycles. The molecular weight excluding hydrogens is 178 g/mol. The smallest absolute Gasteiger partial charge is 0.255 e. The van der Waals surface area contributed by atoms with Gasteiger partial charge in [-0.2, -0.15) is 0 Å². The van der Waals surface area contributed by atoms with Crippen LogP contribution in [0.4, 0.5) is 0 Å². The van der Waals surface area contributed by atoms with E-state index in [1.807, 2.05) is 6.92 Å². The highest BCUT2D eigenvalue weighted by Gasteiger charge is 2.18. The van der Waals surface area contributed by atoms with Crippen molar-refractivity contribution in [1.82, 2.24) is 14.9 Å². The monoisotopic (exact) mass is 193 g/mol. The molecular formula is C10H15N3O. The minimum Gasteiger partial charge on any atom is -0.310 e. The van der Waals surface area contributed by atoms with E-state index >= 15 is 0 Å². The van der Waals surface area contributed by atoms with E-state index in [9.17, 15) is 4.79 Å². The Morgan fingerprint density at radius 3 is 3.07 bits per heavy atom. The number of aromatic nitrogens is 2. The van der Waals surface area contributed by atoms with Crippen molar-refractivity contribution in [1.29, 1.82) is 0 Å². The lowest BCUT2D eigenvalue weighted by atomic mass is 10.1. The largest absolute Gasteiger partial charge is 0.310 e. The maximum Gasteiger partial charge on any atom is 0.255 e. The van der Waals surface area contributed by atoms with Gasteiger partial charge in [0, 0.05) is 19.5 Å². The number of fused-ring (bicyclic) bond motifs is 1. The van der Waals surface area contributed by atoms with Crippen molar-refractivity contribution in [2.24, 2.45) is 0 Å². The van der Waals surface area contributed by atoms with Crippen LogP contribution in [0.25, 0.3) is 0 Å². The molecule has 4 heteroatoms. The Bertz CT molecular complexity index is 397. The molecule has 2 rings (SSSR count). The molecule has 0 saturated heterocycles. The molecule has 1 aromatic rings. The summed E-state index contributed by atoms with van der Waals surface area (Å²) in [4.78, 5) is 21.0. The van der Waals surface area contributed by atoms with E-state index in [0.29, 0.717) is 0 Å². The molecule has 0 aliphatic carbocycles. The van der Waals surface area contributed by atoms with Crippen molar-refractivity contribution in [2.45, 2.75) is 26.8 Å². The molecule has 0 unspecified atom stereocenters. The third-order valence-electron chi connectivity index (χ3n) is 2.71. The lowest BCUT2D eigenvalue weighted by Crippen LogP contribution is -2.35. The van der Waals surface area contributed by atoms with E-state index in [1.165, 1.54) is 0 Å². The second-order valence-corrected chi connectivity index (χ2v) is 3.70. The van der Waals surface area contributed by atoms with Crippen LogP contribution >= 0.6 is 0 Å². The fraction of sp³-hybridized carbons (Fsp3) is 0.600. The average molecular weight is 193 g/mol. The van der Waals surface area contributed by atoms with Crippen LogP contribution in [0.5, 0.6) is 0 Å². The van der Waals surface area contributed by atoms with Crippen LogP contribution in [0, 0.1) is 6.92 Å². The zero-order valence-electron chi connectivity index (χ0n) is 8.63. The van der Waals surface area contributed by atoms with Gasteiger partial charge in [-0.1, -0.05) is 6.92 Å². The fourth-order valence-corrected chi connectivity index (χ4v) is 1.88. The molecule has 0 spiro atoms. The van der Waals surface area contributed by atoms with Gasteiger partial charge in [0.15, 0.2) is 0 Å². The number of H-pyrrole nitrogens is 1. The summed E-state index contributed by atoms with van der Waals surface area (Å²) in [5.41, 5.74) is 1.87. The van der Waals surface area contributed by atoms with Crippen molar-refractivity contribution in [3.05, 3.63) is 27.4 Å². The molecule has 0 amide bonds. The topological polar surface area (TPSA) is 49.0 Å². The van der Waals surface area contributed by atoms with Crippen LogP contribution in [-0.4, -0.2) is 28.0 Å². The Labute approximate surface area is 83.0 Å². The van der Waals surface area contributed by atoms with Gasteiger partial charge in [0.2, 0.25) is 0 Å². The van der Waals surface area contributed by atoms with E-state index in [2.05, 4.69) is 21.8 Å². The zero-order chi connectivity index (χ0) is 10.1. The van der Waals surface area contributed by atoms with Gasteiger partial charge < -0.3 is 4.98 Å². The number of likely N-dealkylation sites (N-methyl/N-ethyl adjacent to an activating group) is 1. The molecule has 1 aliphatic rings. The summed E-state index contributed by atoms with van der Waals surface area (Å²) in [5, 5.41) is 0. The molecule has 0 fully saturated rings. The van der Waals surface area contributed by atoms with Crippen LogP contribution in [0.3, 0.4) is 0 Å². The fourth-order valence-electron chi connectivity index (χ4n) is 1.88. The molecule has 0 bridgehead atoms. The predicted octanol–water partition coefficient (Wildman–Crippen LogP) is 0.456. The number of hydrogen-bond acceptors (Lipinski definition) is 3. The molecule has 1 aliphatic heterocycles. The van der Waals surface area contributed by atoms with Crippen molar-refractivity contribution in [2.75, 3.05) is 13.1 Å². The first kappa shape index (κ1) is 9.40. The van der Waals surface area contributed by atoms with Crippen molar-refractivity contribution in [3.8, 4) is 0 Å². The van der Waals surface area contributed by atoms with Crippen LogP contribution in [0.2, 0.25) is 0 Å². The van der Waals surface area contributed by atoms with Crippen LogP contribution in [0.15, 0.2) is 4.79 Å². The highest BCUT2D eigenvalue weighted by atomic mass is 16.1. The number of rotatable bonds is 1. The third kappa shape index (κ3) is 1.57. The first-order chi connectivity index (χ1) is 6.70. The molecule has 1 aromatic heterocycles. The highest BCUT2D eigenvalue weighted by molar-refractivity contribution is 5.20. The van der Waals surface area contributed by atoms with E-state index in [4.69, 9.17) is 0 Å². The summed E-state index contributed by atoms with van der Waals surface area (Å²) in [6.07, 6.45) is 0.897. The highest BCUT2D eigenvalue weighted by Crippen LogP contribution is 2.12. The Balaban J connectivity index is 2.42. The molecule has 0 radical (unpaired) electrons. The van der Waals surface area contributed by atoms with E-state index in [-0.39, 0.29) is 5.56 Å². The maximum atomic E-state index is 11.6. The summed E-state index contributed by atoms with van der Waals surface area (Å²) < 4.78 is 0. The Kier molecular flexibility index (Phi) is 2.37. The van der Waals surface area contributed by atoms with Crippen molar-refractivity contribution < 1.29 is 0 Å². The predicted molar refractivity (Wildman–Crippen MR) is 54.2 cm³/mol. The maximum absolute atomic E-state index is 11.6. The van der Waals surface area contributed by atoms with Crippen LogP contribution in [0.1, 0.15) is 24.0 Å². The SMILES string of the molecule is CCN1CCc2nc(C)[nH]c(=O)c2C1. The van der Waals surface area contributed by atoms with Crippen molar-refractivity contribution >= 4 is 0 Å². The summed E-state index contributed by atoms with van der Waals surface area (Å²) in [6, 6.07) is 0. The Morgan fingerprint density at radius 1 is 1.57 bits per heavy atom. The van der Waals surface area contributed by atoms with Gasteiger partial charge in [-0.15, -0.1) is 0 Å². The average Bonchev–Trinajstić information content (AvgIpc) is 2.17. The van der Waals surface area contributed by atoms with Crippen LogP contribution in [-0.2, 0) is 13.0 Å². The van der Waals surface area contributed by atoms with Gasteiger partial charge in [-0.25, -0.2) is 4.98 Å². The number of hydrogen-bond donors (Lipinski definition) is 1. The van der Waals surface area contributed by atoms with E-state index < -0.39 is 0 Å². The summed E-state index contributed by atoms with van der Waals surface area (Å²) in [5.74, 6) is 0.721. The van der Waals surface area contributed by atoms with Gasteiger partial charge in [-0.05, 0) is 13.5 Å². The number of nitrogens with one attached hydrogen (secondary N) is 1. The van der Waals surface area contributed by atoms with E-state index in [0.717, 1.165) is 43.1 Å². The first-order valence-corrected chi connectivity index (χ1v) is 5.01. The molecule has 14 heavy (non-hydrogen) atoms. The van der Waals surface area contributed by atoms with Gasteiger partial charge >= 0.3 is 0 Å². The normalized spacial score (nSPS) is 16.7. The Morgan fingerprint density at radius 2 is 2.36 bits per heavy atom. The van der Waals surface area contributed by atoms with Crippen LogP contribution < -0.4 is 5.56 Å². The molecule has 76 valence electrons. The van der Waals surface area contributed by atoms with Gasteiger partial charge in [0.05, 0.1) is 11.3 Å². The van der Waals surface area contributed by atoms with Gasteiger partial charge in [0.25, 0.3) is 5.56 Å². The lowest BCUT2D eigenvalue weighted by molar-refractivity contribution is 0.263. The minimum atomic E-state index is 0.0330. The quantitative estimate of drug-likeness (QED) is 0.704. The molecule has 1 N–H and O–H groups in total. The van der Waals surface area contributed by atoms with Gasteiger partial charge in [0.1, 0.15) is 5.82 Å². The van der Waals surface area contributed by atoms with Crippen molar-refractivity contribution in [3.63, 3.8) is 0 Å². The molecule has 2 heterocycles. The number of aromatic amines is 1. The summed E-state index contributed by atoms with van der Waals surface area (Å²) >= 11 is 0.